The molecule has 0 radical (unpaired) electrons. The lowest BCUT2D eigenvalue weighted by atomic mass is 10.3. The van der Waals surface area contributed by atoms with Crippen LogP contribution >= 0.6 is 0 Å². The summed E-state index contributed by atoms with van der Waals surface area (Å²) < 4.78 is 38.7. The third kappa shape index (κ3) is 2.33. The lowest BCUT2D eigenvalue weighted by molar-refractivity contribution is -0.140. The van der Waals surface area contributed by atoms with E-state index >= 15 is 0 Å². The van der Waals surface area contributed by atoms with Crippen molar-refractivity contribution in [3.05, 3.63) is 30.1 Å². The molecule has 0 aromatic carbocycles. The molecule has 0 atom stereocenters. The minimum atomic E-state index is -4.48. The first kappa shape index (κ1) is 12.5. The summed E-state index contributed by atoms with van der Waals surface area (Å²) in [6.45, 7) is -0.325. The van der Waals surface area contributed by atoms with Crippen LogP contribution in [0.2, 0.25) is 0 Å². The van der Waals surface area contributed by atoms with Gasteiger partial charge in [0, 0.05) is 25.6 Å². The Balaban J connectivity index is 2.41. The standard InChI is InChI=1S/C10H9F3N4O/c1-17-4-7(10(11,12)13)16-9(17)6-2-14-8(5-18)15-3-6/h2-4,18H,5H2,1H3. The predicted octanol–water partition coefficient (Wildman–Crippen LogP) is 1.39. The molecule has 0 saturated carbocycles. The number of hydrogen-bond acceptors (Lipinski definition) is 4. The molecule has 2 aromatic rings. The van der Waals surface area contributed by atoms with Crippen LogP contribution in [-0.2, 0) is 19.8 Å². The van der Waals surface area contributed by atoms with Gasteiger partial charge in [0.25, 0.3) is 0 Å². The molecule has 5 nitrogen and oxygen atoms in total. The number of imidazole rings is 1. The highest BCUT2D eigenvalue weighted by Gasteiger charge is 2.34. The molecular weight excluding hydrogens is 249 g/mol. The Hall–Kier alpha value is -1.96. The van der Waals surface area contributed by atoms with Crippen LogP contribution in [0.5, 0.6) is 0 Å². The Bertz CT molecular complexity index is 547. The van der Waals surface area contributed by atoms with Crippen LogP contribution in [0.3, 0.4) is 0 Å². The fraction of sp³-hybridized carbons (Fsp3) is 0.300. The van der Waals surface area contributed by atoms with Crippen molar-refractivity contribution in [3.8, 4) is 11.4 Å². The second-order valence-electron chi connectivity index (χ2n) is 3.60. The molecule has 0 spiro atoms. The molecule has 0 saturated heterocycles. The molecule has 18 heavy (non-hydrogen) atoms. The van der Waals surface area contributed by atoms with Crippen molar-refractivity contribution in [1.82, 2.24) is 19.5 Å². The average Bonchev–Trinajstić information content (AvgIpc) is 2.71. The van der Waals surface area contributed by atoms with Crippen molar-refractivity contribution < 1.29 is 18.3 Å². The van der Waals surface area contributed by atoms with E-state index in [2.05, 4.69) is 15.0 Å². The Morgan fingerprint density at radius 1 is 1.28 bits per heavy atom. The van der Waals surface area contributed by atoms with Crippen molar-refractivity contribution >= 4 is 0 Å². The number of aromatic nitrogens is 4. The average molecular weight is 258 g/mol. The molecule has 0 unspecified atom stereocenters. The summed E-state index contributed by atoms with van der Waals surface area (Å²) in [7, 11) is 1.46. The van der Waals surface area contributed by atoms with E-state index in [-0.39, 0.29) is 18.3 Å². The Kier molecular flexibility index (Phi) is 3.04. The van der Waals surface area contributed by atoms with Crippen LogP contribution in [0.15, 0.2) is 18.6 Å². The minimum Gasteiger partial charge on any atom is -0.388 e. The quantitative estimate of drug-likeness (QED) is 0.884. The van der Waals surface area contributed by atoms with Crippen LogP contribution in [0.4, 0.5) is 13.2 Å². The summed E-state index contributed by atoms with van der Waals surface area (Å²) in [5.74, 6) is 0.316. The van der Waals surface area contributed by atoms with E-state index < -0.39 is 11.9 Å². The smallest absolute Gasteiger partial charge is 0.388 e. The molecular formula is C10H9F3N4O. The first-order valence-electron chi connectivity index (χ1n) is 4.94. The van der Waals surface area contributed by atoms with E-state index in [1.54, 1.807) is 0 Å². The summed E-state index contributed by atoms with van der Waals surface area (Å²) in [5, 5.41) is 8.77. The van der Waals surface area contributed by atoms with Gasteiger partial charge in [0.1, 0.15) is 12.4 Å². The molecule has 0 aliphatic heterocycles. The Morgan fingerprint density at radius 3 is 2.33 bits per heavy atom. The molecule has 0 amide bonds. The fourth-order valence-corrected chi connectivity index (χ4v) is 1.42. The van der Waals surface area contributed by atoms with Crippen molar-refractivity contribution in [3.63, 3.8) is 0 Å². The summed E-state index contributed by atoms with van der Waals surface area (Å²) in [6.07, 6.45) is -0.945. The molecule has 2 heterocycles. The second-order valence-corrected chi connectivity index (χ2v) is 3.60. The SMILES string of the molecule is Cn1cc(C(F)(F)F)nc1-c1cnc(CO)nc1. The zero-order chi connectivity index (χ0) is 13.3. The Morgan fingerprint density at radius 2 is 1.89 bits per heavy atom. The van der Waals surface area contributed by atoms with E-state index in [1.807, 2.05) is 0 Å². The topological polar surface area (TPSA) is 63.8 Å². The number of hydrogen-bond donors (Lipinski definition) is 1. The lowest BCUT2D eigenvalue weighted by Crippen LogP contribution is -2.05. The highest BCUT2D eigenvalue weighted by Crippen LogP contribution is 2.30. The van der Waals surface area contributed by atoms with Crippen LogP contribution < -0.4 is 0 Å². The molecule has 0 fully saturated rings. The molecule has 0 aliphatic carbocycles. The van der Waals surface area contributed by atoms with Crippen LogP contribution in [0, 0.1) is 0 Å². The van der Waals surface area contributed by atoms with Crippen LogP contribution in [0.1, 0.15) is 11.5 Å². The largest absolute Gasteiger partial charge is 0.434 e. The summed E-state index contributed by atoms with van der Waals surface area (Å²) in [6, 6.07) is 0. The number of aliphatic hydroxyl groups excluding tert-OH is 1. The summed E-state index contributed by atoms with van der Waals surface area (Å²) in [4.78, 5) is 11.1. The van der Waals surface area contributed by atoms with Gasteiger partial charge in [-0.25, -0.2) is 15.0 Å². The van der Waals surface area contributed by atoms with Gasteiger partial charge in [0.05, 0.1) is 5.56 Å². The number of aliphatic hydroxyl groups is 1. The maximum Gasteiger partial charge on any atom is 0.434 e. The van der Waals surface area contributed by atoms with Crippen LogP contribution in [0.25, 0.3) is 11.4 Å². The highest BCUT2D eigenvalue weighted by molar-refractivity contribution is 5.53. The third-order valence-electron chi connectivity index (χ3n) is 2.27. The monoisotopic (exact) mass is 258 g/mol. The van der Waals surface area contributed by atoms with Crippen molar-refractivity contribution in [2.24, 2.45) is 7.05 Å². The molecule has 96 valence electrons. The molecule has 8 heteroatoms. The van der Waals surface area contributed by atoms with Crippen LogP contribution in [-0.4, -0.2) is 24.6 Å². The molecule has 2 aromatic heterocycles. The van der Waals surface area contributed by atoms with Crippen molar-refractivity contribution in [2.45, 2.75) is 12.8 Å². The third-order valence-corrected chi connectivity index (χ3v) is 2.27. The summed E-state index contributed by atoms with van der Waals surface area (Å²) >= 11 is 0. The van der Waals surface area contributed by atoms with Crippen molar-refractivity contribution in [2.75, 3.05) is 0 Å². The van der Waals surface area contributed by atoms with Gasteiger partial charge in [-0.05, 0) is 0 Å². The summed E-state index contributed by atoms with van der Waals surface area (Å²) in [5.41, 5.74) is -0.614. The number of alkyl halides is 3. The normalized spacial score (nSPS) is 11.8. The van der Waals surface area contributed by atoms with E-state index in [0.29, 0.717) is 5.56 Å². The zero-order valence-electron chi connectivity index (χ0n) is 9.31. The molecule has 2 rings (SSSR count). The second kappa shape index (κ2) is 4.37. The zero-order valence-corrected chi connectivity index (χ0v) is 9.31. The van der Waals surface area contributed by atoms with Gasteiger partial charge in [-0.2, -0.15) is 13.2 Å². The molecule has 0 bridgehead atoms. The Labute approximate surface area is 100.0 Å². The van der Waals surface area contributed by atoms with Gasteiger partial charge in [-0.1, -0.05) is 0 Å². The number of nitrogens with zero attached hydrogens (tertiary/aromatic N) is 4. The molecule has 0 aliphatic rings. The predicted molar refractivity (Wildman–Crippen MR) is 55.2 cm³/mol. The lowest BCUT2D eigenvalue weighted by Gasteiger charge is -2.01. The first-order valence-corrected chi connectivity index (χ1v) is 4.94. The van der Waals surface area contributed by atoms with Gasteiger partial charge in [0.15, 0.2) is 11.5 Å². The number of rotatable bonds is 2. The maximum absolute atomic E-state index is 12.5. The molecule has 1 N–H and O–H groups in total. The highest BCUT2D eigenvalue weighted by atomic mass is 19.4. The van der Waals surface area contributed by atoms with E-state index in [0.717, 1.165) is 6.20 Å². The minimum absolute atomic E-state index is 0.117. The van der Waals surface area contributed by atoms with E-state index in [4.69, 9.17) is 5.11 Å². The van der Waals surface area contributed by atoms with Crippen molar-refractivity contribution in [1.29, 1.82) is 0 Å². The van der Waals surface area contributed by atoms with E-state index in [9.17, 15) is 13.2 Å². The first-order chi connectivity index (χ1) is 8.41. The van der Waals surface area contributed by atoms with Gasteiger partial charge >= 0.3 is 6.18 Å². The number of aryl methyl sites for hydroxylation is 1. The van der Waals surface area contributed by atoms with E-state index in [1.165, 1.54) is 24.0 Å². The van der Waals surface area contributed by atoms with Gasteiger partial charge < -0.3 is 9.67 Å². The van der Waals surface area contributed by atoms with Gasteiger partial charge in [0.2, 0.25) is 0 Å². The van der Waals surface area contributed by atoms with Gasteiger partial charge in [-0.15, -0.1) is 0 Å². The maximum atomic E-state index is 12.5. The van der Waals surface area contributed by atoms with Gasteiger partial charge in [-0.3, -0.25) is 0 Å². The fourth-order valence-electron chi connectivity index (χ4n) is 1.42. The number of halogens is 3.